The van der Waals surface area contributed by atoms with Crippen LogP contribution in [-0.2, 0) is 4.74 Å². The van der Waals surface area contributed by atoms with E-state index >= 15 is 0 Å². The number of amides is 1. The molecule has 1 fully saturated rings. The maximum absolute atomic E-state index is 11.9. The molecule has 2 rings (SSSR count). The van der Waals surface area contributed by atoms with Gasteiger partial charge in [0.05, 0.1) is 17.3 Å². The summed E-state index contributed by atoms with van der Waals surface area (Å²) in [4.78, 5) is 14.6. The number of likely N-dealkylation sites (N-methyl/N-ethyl adjacent to an activating group) is 1. The second-order valence-corrected chi connectivity index (χ2v) is 5.83. The van der Waals surface area contributed by atoms with Crippen molar-refractivity contribution in [2.24, 2.45) is 0 Å². The highest BCUT2D eigenvalue weighted by molar-refractivity contribution is 7.18. The van der Waals surface area contributed by atoms with Gasteiger partial charge in [0, 0.05) is 33.3 Å². The van der Waals surface area contributed by atoms with E-state index in [4.69, 9.17) is 10.5 Å². The van der Waals surface area contributed by atoms with Crippen molar-refractivity contribution in [2.45, 2.75) is 18.8 Å². The number of hydrogen-bond acceptors (Lipinski definition) is 5. The van der Waals surface area contributed by atoms with Gasteiger partial charge in [0.1, 0.15) is 4.88 Å². The minimum absolute atomic E-state index is 0.101. The molecule has 1 aromatic rings. The van der Waals surface area contributed by atoms with Gasteiger partial charge in [-0.1, -0.05) is 0 Å². The van der Waals surface area contributed by atoms with Crippen LogP contribution in [0.15, 0.2) is 0 Å². The fourth-order valence-electron chi connectivity index (χ4n) is 2.11. The van der Waals surface area contributed by atoms with Crippen LogP contribution in [0.4, 0.5) is 10.7 Å². The minimum Gasteiger partial charge on any atom is -0.397 e. The maximum atomic E-state index is 11.9. The summed E-state index contributed by atoms with van der Waals surface area (Å²) in [5.41, 5.74) is 7.99. The largest absolute Gasteiger partial charge is 0.397 e. The molecule has 6 heteroatoms. The Balaban J connectivity index is 2.33. The van der Waals surface area contributed by atoms with E-state index in [2.05, 4.69) is 10.2 Å². The highest BCUT2D eigenvalue weighted by Gasteiger charge is 2.33. The molecule has 0 unspecified atom stereocenters. The van der Waals surface area contributed by atoms with Crippen molar-refractivity contribution in [3.63, 3.8) is 0 Å². The third-order valence-electron chi connectivity index (χ3n) is 3.36. The van der Waals surface area contributed by atoms with E-state index in [0.29, 0.717) is 23.1 Å². The molecule has 1 aliphatic rings. The average molecular weight is 283 g/mol. The topological polar surface area (TPSA) is 67.6 Å². The number of nitrogens with zero attached hydrogens (tertiary/aromatic N) is 1. The third kappa shape index (κ3) is 2.84. The molecule has 106 valence electrons. The van der Waals surface area contributed by atoms with E-state index < -0.39 is 0 Å². The molecule has 1 amide bonds. The first kappa shape index (κ1) is 14.1. The summed E-state index contributed by atoms with van der Waals surface area (Å²) in [7, 11) is 5.34. The number of nitrogens with two attached hydrogens (primary N) is 1. The Morgan fingerprint density at radius 3 is 2.79 bits per heavy atom. The number of nitrogens with one attached hydrogen (secondary N) is 1. The summed E-state index contributed by atoms with van der Waals surface area (Å²) in [5, 5.41) is 3.76. The van der Waals surface area contributed by atoms with Crippen molar-refractivity contribution >= 4 is 27.9 Å². The zero-order chi connectivity index (χ0) is 14.0. The van der Waals surface area contributed by atoms with Crippen molar-refractivity contribution in [3.8, 4) is 0 Å². The smallest absolute Gasteiger partial charge is 0.263 e. The number of rotatable bonds is 6. The van der Waals surface area contributed by atoms with Crippen LogP contribution in [0.25, 0.3) is 0 Å². The Morgan fingerprint density at radius 1 is 1.58 bits per heavy atom. The third-order valence-corrected chi connectivity index (χ3v) is 4.69. The van der Waals surface area contributed by atoms with Crippen molar-refractivity contribution < 1.29 is 9.53 Å². The molecule has 0 atom stereocenters. The highest BCUT2D eigenvalue weighted by Crippen LogP contribution is 2.51. The summed E-state index contributed by atoms with van der Waals surface area (Å²) in [6, 6.07) is 0. The van der Waals surface area contributed by atoms with E-state index in [0.717, 1.165) is 17.1 Å². The van der Waals surface area contributed by atoms with Gasteiger partial charge in [-0.3, -0.25) is 4.79 Å². The van der Waals surface area contributed by atoms with E-state index in [-0.39, 0.29) is 5.91 Å². The molecule has 1 aromatic heterocycles. The quantitative estimate of drug-likeness (QED) is 0.833. The average Bonchev–Trinajstić information content (AvgIpc) is 3.18. The number of carbonyl (C=O) groups is 1. The van der Waals surface area contributed by atoms with Gasteiger partial charge in [0.15, 0.2) is 0 Å². The minimum atomic E-state index is -0.101. The molecular formula is C13H21N3O2S. The van der Waals surface area contributed by atoms with Crippen LogP contribution in [0.3, 0.4) is 0 Å². The molecule has 0 aliphatic heterocycles. The molecule has 3 N–H and O–H groups in total. The summed E-state index contributed by atoms with van der Waals surface area (Å²) in [5.74, 6) is 0.422. The Hall–Kier alpha value is -1.27. The first-order chi connectivity index (χ1) is 9.10. The normalized spacial score (nSPS) is 14.5. The summed E-state index contributed by atoms with van der Waals surface area (Å²) in [6.07, 6.45) is 2.33. The maximum Gasteiger partial charge on any atom is 0.263 e. The summed E-state index contributed by atoms with van der Waals surface area (Å²) in [6.45, 7) is 1.46. The van der Waals surface area contributed by atoms with E-state index in [1.54, 1.807) is 14.2 Å². The van der Waals surface area contributed by atoms with E-state index in [1.165, 1.54) is 24.2 Å². The van der Waals surface area contributed by atoms with Gasteiger partial charge in [0.2, 0.25) is 0 Å². The lowest BCUT2D eigenvalue weighted by molar-refractivity contribution is 0.0968. The van der Waals surface area contributed by atoms with Crippen molar-refractivity contribution in [3.05, 3.63) is 10.4 Å². The predicted octanol–water partition coefficient (Wildman–Crippen LogP) is 1.65. The lowest BCUT2D eigenvalue weighted by Crippen LogP contribution is -2.22. The number of anilines is 2. The van der Waals surface area contributed by atoms with Gasteiger partial charge in [-0.2, -0.15) is 0 Å². The van der Waals surface area contributed by atoms with Gasteiger partial charge in [0.25, 0.3) is 5.91 Å². The number of hydrogen-bond donors (Lipinski definition) is 2. The molecule has 1 heterocycles. The first-order valence-corrected chi connectivity index (χ1v) is 7.26. The SMILES string of the molecule is CNC(=O)c1sc(N(C)CCOC)c(C2CC2)c1N. The molecule has 0 aromatic carbocycles. The second kappa shape index (κ2) is 5.79. The number of thiophene rings is 1. The summed E-state index contributed by atoms with van der Waals surface area (Å²) >= 11 is 1.48. The van der Waals surface area contributed by atoms with Crippen LogP contribution in [0.1, 0.15) is 34.0 Å². The van der Waals surface area contributed by atoms with Crippen LogP contribution >= 0.6 is 11.3 Å². The molecule has 1 aliphatic carbocycles. The van der Waals surface area contributed by atoms with E-state index in [1.807, 2.05) is 7.05 Å². The first-order valence-electron chi connectivity index (χ1n) is 6.44. The molecule has 0 radical (unpaired) electrons. The number of methoxy groups -OCH3 is 1. The highest BCUT2D eigenvalue weighted by atomic mass is 32.1. The molecule has 1 saturated carbocycles. The Morgan fingerprint density at radius 2 is 2.26 bits per heavy atom. The van der Waals surface area contributed by atoms with Gasteiger partial charge < -0.3 is 20.7 Å². The lowest BCUT2D eigenvalue weighted by Gasteiger charge is -2.18. The van der Waals surface area contributed by atoms with Gasteiger partial charge in [-0.05, 0) is 18.8 Å². The summed E-state index contributed by atoms with van der Waals surface area (Å²) < 4.78 is 5.11. The van der Waals surface area contributed by atoms with Crippen molar-refractivity contribution in [2.75, 3.05) is 45.0 Å². The van der Waals surface area contributed by atoms with Crippen molar-refractivity contribution in [1.82, 2.24) is 5.32 Å². The van der Waals surface area contributed by atoms with E-state index in [9.17, 15) is 4.79 Å². The second-order valence-electron chi connectivity index (χ2n) is 4.83. The zero-order valence-corrected chi connectivity index (χ0v) is 12.5. The van der Waals surface area contributed by atoms with Crippen LogP contribution in [-0.4, -0.2) is 40.3 Å². The molecular weight excluding hydrogens is 262 g/mol. The number of ether oxygens (including phenoxy) is 1. The monoisotopic (exact) mass is 283 g/mol. The molecule has 0 saturated heterocycles. The van der Waals surface area contributed by atoms with Crippen LogP contribution < -0.4 is 16.0 Å². The number of nitrogen functional groups attached to an aromatic ring is 1. The standard InChI is InChI=1S/C13H21N3O2S/c1-15-12(17)11-10(14)9(8-4-5-8)13(19-11)16(2)6-7-18-3/h8H,4-7,14H2,1-3H3,(H,15,17). The van der Waals surface area contributed by atoms with Gasteiger partial charge in [-0.25, -0.2) is 0 Å². The van der Waals surface area contributed by atoms with Crippen LogP contribution in [0.2, 0.25) is 0 Å². The zero-order valence-electron chi connectivity index (χ0n) is 11.7. The Labute approximate surface area is 117 Å². The molecule has 5 nitrogen and oxygen atoms in total. The van der Waals surface area contributed by atoms with Gasteiger partial charge >= 0.3 is 0 Å². The van der Waals surface area contributed by atoms with Crippen LogP contribution in [0, 0.1) is 0 Å². The fourth-order valence-corrected chi connectivity index (χ4v) is 3.35. The predicted molar refractivity (Wildman–Crippen MR) is 79.2 cm³/mol. The number of carbonyl (C=O) groups excluding carboxylic acids is 1. The van der Waals surface area contributed by atoms with Crippen LogP contribution in [0.5, 0.6) is 0 Å². The molecule has 19 heavy (non-hydrogen) atoms. The molecule has 0 spiro atoms. The fraction of sp³-hybridized carbons (Fsp3) is 0.615. The lowest BCUT2D eigenvalue weighted by atomic mass is 10.1. The Kier molecular flexibility index (Phi) is 4.31. The van der Waals surface area contributed by atoms with Crippen molar-refractivity contribution in [1.29, 1.82) is 0 Å². The molecule has 0 bridgehead atoms. The van der Waals surface area contributed by atoms with Gasteiger partial charge in [-0.15, -0.1) is 11.3 Å². The Bertz CT molecular complexity index is 469.